The van der Waals surface area contributed by atoms with Gasteiger partial charge in [-0.15, -0.1) is 11.3 Å². The molecule has 1 aliphatic rings. The molecule has 1 aromatic carbocycles. The lowest BCUT2D eigenvalue weighted by Crippen LogP contribution is -2.38. The van der Waals surface area contributed by atoms with Crippen LogP contribution in [0.2, 0.25) is 5.02 Å². The number of carbonyl (C=O) groups is 1. The molecule has 0 spiro atoms. The molecule has 3 nitrogen and oxygen atoms in total. The van der Waals surface area contributed by atoms with Crippen molar-refractivity contribution in [2.45, 2.75) is 38.1 Å². The zero-order chi connectivity index (χ0) is 15.0. The maximum atomic E-state index is 12.7. The zero-order valence-corrected chi connectivity index (χ0v) is 13.6. The van der Waals surface area contributed by atoms with Gasteiger partial charge in [0.25, 0.3) is 5.91 Å². The van der Waals surface area contributed by atoms with Gasteiger partial charge in [-0.1, -0.05) is 30.9 Å². The summed E-state index contributed by atoms with van der Waals surface area (Å²) in [7, 11) is 1.90. The first kappa shape index (κ1) is 14.7. The molecule has 0 radical (unpaired) electrons. The van der Waals surface area contributed by atoms with Crippen molar-refractivity contribution < 1.29 is 4.79 Å². The number of fused-ring (bicyclic) bond motifs is 1. The molecule has 0 atom stereocenters. The number of carbonyl (C=O) groups excluding carboxylic acids is 1. The van der Waals surface area contributed by atoms with Crippen molar-refractivity contribution in [3.8, 4) is 0 Å². The molecule has 21 heavy (non-hydrogen) atoms. The van der Waals surface area contributed by atoms with Crippen LogP contribution in [0.5, 0.6) is 0 Å². The number of thiophene rings is 1. The third-order valence-corrected chi connectivity index (χ3v) is 5.72. The molecule has 0 aliphatic heterocycles. The molecule has 1 saturated carbocycles. The minimum atomic E-state index is 0.0386. The largest absolute Gasteiger partial charge is 0.397 e. The maximum absolute atomic E-state index is 12.7. The Morgan fingerprint density at radius 3 is 2.76 bits per heavy atom. The van der Waals surface area contributed by atoms with Crippen LogP contribution in [-0.2, 0) is 0 Å². The molecule has 0 saturated heterocycles. The molecule has 0 unspecified atom stereocenters. The molecule has 2 aromatic rings. The number of rotatable bonds is 2. The topological polar surface area (TPSA) is 46.3 Å². The number of amides is 1. The number of nitrogen functional groups attached to an aromatic ring is 1. The first-order valence-electron chi connectivity index (χ1n) is 7.32. The van der Waals surface area contributed by atoms with Gasteiger partial charge in [0, 0.05) is 28.2 Å². The molecule has 1 fully saturated rings. The van der Waals surface area contributed by atoms with E-state index in [2.05, 4.69) is 0 Å². The molecule has 1 heterocycles. The van der Waals surface area contributed by atoms with Crippen LogP contribution in [0.3, 0.4) is 0 Å². The summed E-state index contributed by atoms with van der Waals surface area (Å²) in [5.41, 5.74) is 6.76. The summed E-state index contributed by atoms with van der Waals surface area (Å²) in [6, 6.07) is 5.92. The highest BCUT2D eigenvalue weighted by atomic mass is 35.5. The number of hydrogen-bond acceptors (Lipinski definition) is 3. The number of anilines is 1. The molecule has 1 aliphatic carbocycles. The fourth-order valence-corrected chi connectivity index (χ4v) is 4.43. The van der Waals surface area contributed by atoms with E-state index >= 15 is 0 Å². The van der Waals surface area contributed by atoms with E-state index in [4.69, 9.17) is 17.3 Å². The van der Waals surface area contributed by atoms with Crippen LogP contribution in [0.25, 0.3) is 10.1 Å². The van der Waals surface area contributed by atoms with E-state index in [1.165, 1.54) is 30.6 Å². The second-order valence-electron chi connectivity index (χ2n) is 5.69. The van der Waals surface area contributed by atoms with Crippen LogP contribution in [0, 0.1) is 0 Å². The lowest BCUT2D eigenvalue weighted by Gasteiger charge is -2.31. The van der Waals surface area contributed by atoms with Crippen molar-refractivity contribution in [2.24, 2.45) is 0 Å². The van der Waals surface area contributed by atoms with E-state index in [1.807, 2.05) is 30.1 Å². The SMILES string of the molecule is CN(C(=O)c1sc2cc(Cl)ccc2c1N)C1CCCCC1. The van der Waals surface area contributed by atoms with Crippen molar-refractivity contribution in [3.63, 3.8) is 0 Å². The highest BCUT2D eigenvalue weighted by molar-refractivity contribution is 7.21. The van der Waals surface area contributed by atoms with Crippen LogP contribution in [-0.4, -0.2) is 23.9 Å². The molecule has 3 rings (SSSR count). The third kappa shape index (κ3) is 2.74. The Morgan fingerprint density at radius 1 is 1.33 bits per heavy atom. The lowest BCUT2D eigenvalue weighted by atomic mass is 9.94. The van der Waals surface area contributed by atoms with Gasteiger partial charge in [0.15, 0.2) is 0 Å². The Hall–Kier alpha value is -1.26. The zero-order valence-electron chi connectivity index (χ0n) is 12.1. The van der Waals surface area contributed by atoms with Gasteiger partial charge in [-0.2, -0.15) is 0 Å². The van der Waals surface area contributed by atoms with Crippen LogP contribution >= 0.6 is 22.9 Å². The Bertz CT molecular complexity index is 676. The van der Waals surface area contributed by atoms with Gasteiger partial charge in [-0.25, -0.2) is 0 Å². The Labute approximate surface area is 133 Å². The quantitative estimate of drug-likeness (QED) is 0.882. The van der Waals surface area contributed by atoms with Gasteiger partial charge in [-0.3, -0.25) is 4.79 Å². The van der Waals surface area contributed by atoms with Crippen molar-refractivity contribution in [3.05, 3.63) is 28.1 Å². The first-order valence-corrected chi connectivity index (χ1v) is 8.52. The minimum Gasteiger partial charge on any atom is -0.397 e. The number of benzene rings is 1. The van der Waals surface area contributed by atoms with Crippen LogP contribution in [0.4, 0.5) is 5.69 Å². The van der Waals surface area contributed by atoms with Gasteiger partial charge in [0.1, 0.15) is 4.88 Å². The summed E-state index contributed by atoms with van der Waals surface area (Å²) in [5.74, 6) is 0.0386. The third-order valence-electron chi connectivity index (χ3n) is 4.33. The van der Waals surface area contributed by atoms with E-state index < -0.39 is 0 Å². The number of nitrogens with two attached hydrogens (primary N) is 1. The fourth-order valence-electron chi connectivity index (χ4n) is 3.04. The summed E-state index contributed by atoms with van der Waals surface area (Å²) >= 11 is 7.45. The van der Waals surface area contributed by atoms with Gasteiger partial charge < -0.3 is 10.6 Å². The van der Waals surface area contributed by atoms with Gasteiger partial charge in [0.2, 0.25) is 0 Å². The van der Waals surface area contributed by atoms with Gasteiger partial charge in [0.05, 0.1) is 5.69 Å². The summed E-state index contributed by atoms with van der Waals surface area (Å²) in [6.45, 7) is 0. The van der Waals surface area contributed by atoms with E-state index in [0.717, 1.165) is 22.9 Å². The van der Waals surface area contributed by atoms with Crippen LogP contribution in [0.1, 0.15) is 41.8 Å². The molecule has 0 bridgehead atoms. The summed E-state index contributed by atoms with van der Waals surface area (Å²) in [6.07, 6.45) is 5.89. The predicted octanol–water partition coefficient (Wildman–Crippen LogP) is 4.54. The lowest BCUT2D eigenvalue weighted by molar-refractivity contribution is 0.0702. The molecular formula is C16H19ClN2OS. The molecule has 1 amide bonds. The van der Waals surface area contributed by atoms with E-state index in [1.54, 1.807) is 0 Å². The summed E-state index contributed by atoms with van der Waals surface area (Å²) in [4.78, 5) is 15.3. The molecule has 2 N–H and O–H groups in total. The van der Waals surface area contributed by atoms with Crippen molar-refractivity contribution in [1.29, 1.82) is 0 Å². The Kier molecular flexibility index (Phi) is 4.09. The predicted molar refractivity (Wildman–Crippen MR) is 90.2 cm³/mol. The normalized spacial score (nSPS) is 16.3. The van der Waals surface area contributed by atoms with Crippen molar-refractivity contribution in [2.75, 3.05) is 12.8 Å². The van der Waals surface area contributed by atoms with Crippen molar-refractivity contribution >= 4 is 44.6 Å². The highest BCUT2D eigenvalue weighted by Crippen LogP contribution is 2.36. The monoisotopic (exact) mass is 322 g/mol. The standard InChI is InChI=1S/C16H19ClN2OS/c1-19(11-5-3-2-4-6-11)16(20)15-14(18)12-8-7-10(17)9-13(12)21-15/h7-9,11H,2-6,18H2,1H3. The summed E-state index contributed by atoms with van der Waals surface area (Å²) in [5, 5.41) is 1.59. The average Bonchev–Trinajstić information content (AvgIpc) is 2.83. The fraction of sp³-hybridized carbons (Fsp3) is 0.438. The molecule has 1 aromatic heterocycles. The highest BCUT2D eigenvalue weighted by Gasteiger charge is 2.26. The van der Waals surface area contributed by atoms with E-state index in [9.17, 15) is 4.79 Å². The van der Waals surface area contributed by atoms with E-state index in [-0.39, 0.29) is 5.91 Å². The Balaban J connectivity index is 1.91. The van der Waals surface area contributed by atoms with Crippen molar-refractivity contribution in [1.82, 2.24) is 4.90 Å². The molecule has 5 heteroatoms. The maximum Gasteiger partial charge on any atom is 0.266 e. The number of halogens is 1. The first-order chi connectivity index (χ1) is 10.1. The molecule has 112 valence electrons. The average molecular weight is 323 g/mol. The van der Waals surface area contributed by atoms with Gasteiger partial charge >= 0.3 is 0 Å². The minimum absolute atomic E-state index is 0.0386. The molecular weight excluding hydrogens is 304 g/mol. The Morgan fingerprint density at radius 2 is 2.05 bits per heavy atom. The second-order valence-corrected chi connectivity index (χ2v) is 7.18. The van der Waals surface area contributed by atoms with Gasteiger partial charge in [-0.05, 0) is 31.0 Å². The van der Waals surface area contributed by atoms with Crippen LogP contribution < -0.4 is 5.73 Å². The van der Waals surface area contributed by atoms with E-state index in [0.29, 0.717) is 21.6 Å². The summed E-state index contributed by atoms with van der Waals surface area (Å²) < 4.78 is 0.973. The smallest absolute Gasteiger partial charge is 0.266 e. The number of nitrogens with zero attached hydrogens (tertiary/aromatic N) is 1. The van der Waals surface area contributed by atoms with Crippen LogP contribution in [0.15, 0.2) is 18.2 Å². The second kappa shape index (κ2) is 5.85. The number of hydrogen-bond donors (Lipinski definition) is 1.